The van der Waals surface area contributed by atoms with Gasteiger partial charge in [-0.05, 0) is 31.7 Å². The number of carbonyl (C=O) groups is 1. The number of guanidine groups is 1. The van der Waals surface area contributed by atoms with Gasteiger partial charge in [0.25, 0.3) is 0 Å². The molecule has 1 aromatic rings. The summed E-state index contributed by atoms with van der Waals surface area (Å²) in [6.07, 6.45) is 5.28. The van der Waals surface area contributed by atoms with Crippen molar-refractivity contribution in [3.8, 4) is 0 Å². The van der Waals surface area contributed by atoms with E-state index in [-0.39, 0.29) is 35.3 Å². The molecule has 2 N–H and O–H groups in total. The Hall–Kier alpha value is -1.31. The molecule has 0 aliphatic heterocycles. The highest BCUT2D eigenvalue weighted by Crippen LogP contribution is 2.41. The SMILES string of the molecule is CCNC(=NCC1(C(=O)N(C)C)CCCC1)NC1CC1c1ccccc1.I. The molecule has 2 atom stereocenters. The van der Waals surface area contributed by atoms with Crippen LogP contribution in [0, 0.1) is 5.41 Å². The number of amides is 1. The van der Waals surface area contributed by atoms with Gasteiger partial charge in [0.2, 0.25) is 5.91 Å². The van der Waals surface area contributed by atoms with Gasteiger partial charge in [-0.1, -0.05) is 43.2 Å². The van der Waals surface area contributed by atoms with Crippen molar-refractivity contribution in [2.45, 2.75) is 51.0 Å². The first-order chi connectivity index (χ1) is 12.6. The number of hydrogen-bond acceptors (Lipinski definition) is 2. The van der Waals surface area contributed by atoms with E-state index in [1.54, 1.807) is 4.90 Å². The molecule has 2 saturated carbocycles. The van der Waals surface area contributed by atoms with Crippen LogP contribution in [-0.4, -0.2) is 50.0 Å². The minimum Gasteiger partial charge on any atom is -0.357 e. The highest BCUT2D eigenvalue weighted by Gasteiger charge is 2.42. The van der Waals surface area contributed by atoms with E-state index in [9.17, 15) is 4.79 Å². The highest BCUT2D eigenvalue weighted by molar-refractivity contribution is 14.0. The molecule has 2 aliphatic carbocycles. The maximum Gasteiger partial charge on any atom is 0.230 e. The third-order valence-electron chi connectivity index (χ3n) is 5.64. The summed E-state index contributed by atoms with van der Waals surface area (Å²) < 4.78 is 0. The first kappa shape index (κ1) is 22.0. The van der Waals surface area contributed by atoms with Crippen LogP contribution in [0.2, 0.25) is 0 Å². The van der Waals surface area contributed by atoms with Crippen LogP contribution in [0.4, 0.5) is 0 Å². The lowest BCUT2D eigenvalue weighted by atomic mass is 9.85. The molecule has 0 heterocycles. The van der Waals surface area contributed by atoms with Crippen molar-refractivity contribution >= 4 is 35.8 Å². The van der Waals surface area contributed by atoms with Crippen molar-refractivity contribution < 1.29 is 4.79 Å². The second-order valence-corrected chi connectivity index (χ2v) is 7.89. The normalized spacial score (nSPS) is 23.3. The smallest absolute Gasteiger partial charge is 0.230 e. The fourth-order valence-electron chi connectivity index (χ4n) is 4.11. The van der Waals surface area contributed by atoms with E-state index in [4.69, 9.17) is 4.99 Å². The number of hydrogen-bond donors (Lipinski definition) is 2. The average Bonchev–Trinajstić information content (AvgIpc) is 3.25. The number of benzene rings is 1. The maximum atomic E-state index is 12.7. The van der Waals surface area contributed by atoms with Crippen molar-refractivity contribution in [2.24, 2.45) is 10.4 Å². The number of carbonyl (C=O) groups excluding carboxylic acids is 1. The van der Waals surface area contributed by atoms with E-state index in [1.807, 2.05) is 14.1 Å². The monoisotopic (exact) mass is 484 g/mol. The van der Waals surface area contributed by atoms with Crippen LogP contribution in [0.1, 0.15) is 50.5 Å². The van der Waals surface area contributed by atoms with Crippen LogP contribution in [0.25, 0.3) is 0 Å². The largest absolute Gasteiger partial charge is 0.357 e. The van der Waals surface area contributed by atoms with Crippen LogP contribution in [0.3, 0.4) is 0 Å². The Balaban J connectivity index is 0.00000261. The highest BCUT2D eigenvalue weighted by atomic mass is 127. The minimum absolute atomic E-state index is 0. The third-order valence-corrected chi connectivity index (χ3v) is 5.64. The van der Waals surface area contributed by atoms with Gasteiger partial charge in [0.15, 0.2) is 5.96 Å². The molecule has 2 unspecified atom stereocenters. The van der Waals surface area contributed by atoms with E-state index in [1.165, 1.54) is 5.56 Å². The Kier molecular flexibility index (Phi) is 7.94. The second kappa shape index (κ2) is 9.75. The maximum absolute atomic E-state index is 12.7. The standard InChI is InChI=1S/C21H32N4O.HI/c1-4-22-20(24-18-14-17(18)16-10-6-5-7-11-16)23-15-21(12-8-9-13-21)19(26)25(2)3;/h5-7,10-11,17-18H,4,8-9,12-15H2,1-3H3,(H2,22,23,24);1H. The van der Waals surface area contributed by atoms with Crippen molar-refractivity contribution in [1.82, 2.24) is 15.5 Å². The Morgan fingerprint density at radius 1 is 1.22 bits per heavy atom. The van der Waals surface area contributed by atoms with E-state index in [0.29, 0.717) is 18.5 Å². The summed E-state index contributed by atoms with van der Waals surface area (Å²) in [6, 6.07) is 11.1. The average molecular weight is 484 g/mol. The van der Waals surface area contributed by atoms with Crippen molar-refractivity contribution in [3.63, 3.8) is 0 Å². The van der Waals surface area contributed by atoms with E-state index < -0.39 is 0 Å². The molecule has 0 saturated heterocycles. The molecule has 0 bridgehead atoms. The second-order valence-electron chi connectivity index (χ2n) is 7.89. The van der Waals surface area contributed by atoms with Crippen LogP contribution in [-0.2, 0) is 4.79 Å². The molecular formula is C21H33IN4O. The lowest BCUT2D eigenvalue weighted by molar-refractivity contribution is -0.138. The van der Waals surface area contributed by atoms with Gasteiger partial charge in [-0.15, -0.1) is 24.0 Å². The quantitative estimate of drug-likeness (QED) is 0.370. The lowest BCUT2D eigenvalue weighted by Crippen LogP contribution is -2.43. The first-order valence-electron chi connectivity index (χ1n) is 9.87. The zero-order valence-electron chi connectivity index (χ0n) is 16.7. The zero-order chi connectivity index (χ0) is 18.6. The molecule has 3 rings (SSSR count). The van der Waals surface area contributed by atoms with Crippen LogP contribution in [0.5, 0.6) is 0 Å². The molecule has 6 heteroatoms. The van der Waals surface area contributed by atoms with Crippen LogP contribution >= 0.6 is 24.0 Å². The predicted octanol–water partition coefficient (Wildman–Crippen LogP) is 3.36. The van der Waals surface area contributed by atoms with Crippen LogP contribution < -0.4 is 10.6 Å². The summed E-state index contributed by atoms with van der Waals surface area (Å²) in [5.41, 5.74) is 1.07. The summed E-state index contributed by atoms with van der Waals surface area (Å²) in [5.74, 6) is 1.63. The number of nitrogens with one attached hydrogen (secondary N) is 2. The molecule has 5 nitrogen and oxygen atoms in total. The number of nitrogens with zero attached hydrogens (tertiary/aromatic N) is 2. The molecule has 2 aliphatic rings. The third kappa shape index (κ3) is 5.36. The van der Waals surface area contributed by atoms with Gasteiger partial charge in [-0.2, -0.15) is 0 Å². The first-order valence-corrected chi connectivity index (χ1v) is 9.87. The summed E-state index contributed by atoms with van der Waals surface area (Å²) in [4.78, 5) is 19.3. The van der Waals surface area contributed by atoms with Crippen molar-refractivity contribution in [1.29, 1.82) is 0 Å². The molecule has 150 valence electrons. The molecule has 2 fully saturated rings. The topological polar surface area (TPSA) is 56.7 Å². The Morgan fingerprint density at radius 2 is 1.89 bits per heavy atom. The van der Waals surface area contributed by atoms with Gasteiger partial charge in [0.05, 0.1) is 12.0 Å². The van der Waals surface area contributed by atoms with Gasteiger partial charge in [-0.25, -0.2) is 0 Å². The Labute approximate surface area is 180 Å². The zero-order valence-corrected chi connectivity index (χ0v) is 19.0. The van der Waals surface area contributed by atoms with Gasteiger partial charge in [-0.3, -0.25) is 9.79 Å². The van der Waals surface area contributed by atoms with E-state index in [0.717, 1.165) is 44.6 Å². The fraction of sp³-hybridized carbons (Fsp3) is 0.619. The van der Waals surface area contributed by atoms with E-state index in [2.05, 4.69) is 47.9 Å². The lowest BCUT2D eigenvalue weighted by Gasteiger charge is -2.29. The molecule has 1 amide bonds. The Bertz CT molecular complexity index is 641. The van der Waals surface area contributed by atoms with Gasteiger partial charge < -0.3 is 15.5 Å². The van der Waals surface area contributed by atoms with Crippen molar-refractivity contribution in [2.75, 3.05) is 27.2 Å². The van der Waals surface area contributed by atoms with E-state index >= 15 is 0 Å². The molecular weight excluding hydrogens is 451 g/mol. The molecule has 27 heavy (non-hydrogen) atoms. The number of halogens is 1. The fourth-order valence-corrected chi connectivity index (χ4v) is 4.11. The summed E-state index contributed by atoms with van der Waals surface area (Å²) in [7, 11) is 3.70. The van der Waals surface area contributed by atoms with Gasteiger partial charge in [0, 0.05) is 32.6 Å². The molecule has 0 radical (unpaired) electrons. The Morgan fingerprint density at radius 3 is 2.48 bits per heavy atom. The molecule has 0 aromatic heterocycles. The van der Waals surface area contributed by atoms with Crippen molar-refractivity contribution in [3.05, 3.63) is 35.9 Å². The number of rotatable bonds is 6. The van der Waals surface area contributed by atoms with Gasteiger partial charge in [0.1, 0.15) is 0 Å². The van der Waals surface area contributed by atoms with Crippen LogP contribution in [0.15, 0.2) is 35.3 Å². The summed E-state index contributed by atoms with van der Waals surface area (Å²) in [6.45, 7) is 3.47. The summed E-state index contributed by atoms with van der Waals surface area (Å²) >= 11 is 0. The molecule has 1 aromatic carbocycles. The predicted molar refractivity (Wildman–Crippen MR) is 122 cm³/mol. The molecule has 0 spiro atoms. The summed E-state index contributed by atoms with van der Waals surface area (Å²) in [5, 5.41) is 6.91. The minimum atomic E-state index is -0.311. The van der Waals surface area contributed by atoms with Gasteiger partial charge >= 0.3 is 0 Å². The number of aliphatic imine (C=N–C) groups is 1.